The van der Waals surface area contributed by atoms with E-state index in [0.29, 0.717) is 6.61 Å². The fourth-order valence-electron chi connectivity index (χ4n) is 2.57. The van der Waals surface area contributed by atoms with Crippen molar-refractivity contribution >= 4 is 17.3 Å². The zero-order valence-electron chi connectivity index (χ0n) is 12.0. The maximum atomic E-state index is 5.25. The van der Waals surface area contributed by atoms with E-state index >= 15 is 0 Å². The van der Waals surface area contributed by atoms with Gasteiger partial charge in [-0.3, -0.25) is 0 Å². The third-order valence-corrected chi connectivity index (χ3v) is 4.03. The maximum Gasteiger partial charge on any atom is 0.166 e. The molecule has 18 heavy (non-hydrogen) atoms. The predicted octanol–water partition coefficient (Wildman–Crippen LogP) is 2.70. The first-order chi connectivity index (χ1) is 8.61. The molecule has 1 unspecified atom stereocenters. The van der Waals surface area contributed by atoms with Gasteiger partial charge in [-0.05, 0) is 37.4 Å². The number of hydrogen-bond acceptors (Lipinski definition) is 2. The summed E-state index contributed by atoms with van der Waals surface area (Å²) in [7, 11) is 1.71. The minimum Gasteiger partial charge on any atom is -0.383 e. The van der Waals surface area contributed by atoms with Crippen molar-refractivity contribution < 1.29 is 4.74 Å². The Bertz CT molecular complexity index is 240. The molecule has 0 amide bonds. The van der Waals surface area contributed by atoms with Crippen LogP contribution in [0, 0.1) is 11.8 Å². The molecule has 3 nitrogen and oxygen atoms in total. The van der Waals surface area contributed by atoms with Gasteiger partial charge in [0.15, 0.2) is 5.11 Å². The average Bonchev–Trinajstić information content (AvgIpc) is 2.32. The van der Waals surface area contributed by atoms with Gasteiger partial charge in [0.05, 0.1) is 6.61 Å². The molecule has 4 heteroatoms. The van der Waals surface area contributed by atoms with E-state index in [4.69, 9.17) is 17.0 Å². The highest BCUT2D eigenvalue weighted by atomic mass is 32.1. The second kappa shape index (κ2) is 8.70. The Kier molecular flexibility index (Phi) is 7.59. The van der Waals surface area contributed by atoms with E-state index in [1.54, 1.807) is 7.11 Å². The smallest absolute Gasteiger partial charge is 0.166 e. The summed E-state index contributed by atoms with van der Waals surface area (Å²) in [5.41, 5.74) is 0. The summed E-state index contributed by atoms with van der Waals surface area (Å²) in [6, 6.07) is 0.269. The van der Waals surface area contributed by atoms with Crippen molar-refractivity contribution in [3.05, 3.63) is 0 Å². The lowest BCUT2D eigenvalue weighted by Gasteiger charge is -2.26. The van der Waals surface area contributed by atoms with Crippen LogP contribution in [0.1, 0.15) is 46.0 Å². The summed E-state index contributed by atoms with van der Waals surface area (Å²) in [6.07, 6.45) is 6.83. The molecule has 1 atom stereocenters. The second-order valence-corrected chi connectivity index (χ2v) is 6.08. The van der Waals surface area contributed by atoms with E-state index < -0.39 is 0 Å². The first-order valence-corrected chi connectivity index (χ1v) is 7.56. The molecule has 0 bridgehead atoms. The Labute approximate surface area is 117 Å². The summed E-state index contributed by atoms with van der Waals surface area (Å²) in [5.74, 6) is 1.83. The van der Waals surface area contributed by atoms with E-state index in [-0.39, 0.29) is 6.04 Å². The largest absolute Gasteiger partial charge is 0.383 e. The highest BCUT2D eigenvalue weighted by Gasteiger charge is 2.17. The normalized spacial score (nSPS) is 25.5. The van der Waals surface area contributed by atoms with Crippen molar-refractivity contribution in [1.82, 2.24) is 10.6 Å². The first-order valence-electron chi connectivity index (χ1n) is 7.15. The van der Waals surface area contributed by atoms with Crippen LogP contribution < -0.4 is 10.6 Å². The lowest BCUT2D eigenvalue weighted by Crippen LogP contribution is -2.43. The van der Waals surface area contributed by atoms with Crippen LogP contribution in [0.3, 0.4) is 0 Å². The number of thiocarbonyl (C=S) groups is 1. The molecule has 0 radical (unpaired) electrons. The molecule has 1 saturated carbocycles. The fourth-order valence-corrected chi connectivity index (χ4v) is 2.88. The number of hydrogen-bond donors (Lipinski definition) is 2. The molecule has 0 heterocycles. The fraction of sp³-hybridized carbons (Fsp3) is 0.929. The van der Waals surface area contributed by atoms with Crippen LogP contribution in [0.5, 0.6) is 0 Å². The lowest BCUT2D eigenvalue weighted by atomic mass is 9.81. The summed E-state index contributed by atoms with van der Waals surface area (Å²) in [4.78, 5) is 0. The predicted molar refractivity (Wildman–Crippen MR) is 80.8 cm³/mol. The van der Waals surface area contributed by atoms with Crippen LogP contribution in [0.25, 0.3) is 0 Å². The van der Waals surface area contributed by atoms with E-state index in [2.05, 4.69) is 24.5 Å². The Morgan fingerprint density at radius 2 is 2.00 bits per heavy atom. The van der Waals surface area contributed by atoms with E-state index in [1.165, 1.54) is 32.1 Å². The molecule has 106 valence electrons. The van der Waals surface area contributed by atoms with Crippen molar-refractivity contribution in [2.75, 3.05) is 20.3 Å². The van der Waals surface area contributed by atoms with E-state index in [1.807, 2.05) is 0 Å². The number of nitrogens with one attached hydrogen (secondary N) is 2. The molecule has 0 aliphatic heterocycles. The third-order valence-electron chi connectivity index (χ3n) is 3.77. The zero-order valence-corrected chi connectivity index (χ0v) is 12.8. The average molecular weight is 272 g/mol. The van der Waals surface area contributed by atoms with Crippen molar-refractivity contribution in [2.45, 2.75) is 52.0 Å². The summed E-state index contributed by atoms with van der Waals surface area (Å²) in [5, 5.41) is 7.27. The van der Waals surface area contributed by atoms with Crippen molar-refractivity contribution in [1.29, 1.82) is 0 Å². The van der Waals surface area contributed by atoms with Gasteiger partial charge in [-0.1, -0.05) is 32.6 Å². The molecule has 1 fully saturated rings. The van der Waals surface area contributed by atoms with Crippen LogP contribution in [0.2, 0.25) is 0 Å². The molecule has 1 rings (SSSR count). The van der Waals surface area contributed by atoms with Gasteiger partial charge in [0.2, 0.25) is 0 Å². The van der Waals surface area contributed by atoms with Gasteiger partial charge in [-0.2, -0.15) is 0 Å². The van der Waals surface area contributed by atoms with Gasteiger partial charge in [0, 0.05) is 19.7 Å². The standard InChI is InChI=1S/C14H28N2OS/c1-11-4-6-13(7-5-11)8-9-15-14(18)16-12(2)10-17-3/h11-13H,4-10H2,1-3H3,(H2,15,16,18). The lowest BCUT2D eigenvalue weighted by molar-refractivity contribution is 0.179. The zero-order chi connectivity index (χ0) is 13.4. The molecular weight excluding hydrogens is 244 g/mol. The SMILES string of the molecule is COCC(C)NC(=S)NCCC1CCC(C)CC1. The molecule has 2 N–H and O–H groups in total. The number of ether oxygens (including phenoxy) is 1. The Balaban J connectivity index is 2.04. The summed E-state index contributed by atoms with van der Waals surface area (Å²) < 4.78 is 5.06. The van der Waals surface area contributed by atoms with E-state index in [0.717, 1.165) is 23.5 Å². The van der Waals surface area contributed by atoms with Crippen LogP contribution in [0.15, 0.2) is 0 Å². The van der Waals surface area contributed by atoms with Crippen LogP contribution in [-0.2, 0) is 4.74 Å². The molecule has 0 aromatic heterocycles. The molecule has 1 aliphatic carbocycles. The van der Waals surface area contributed by atoms with Crippen molar-refractivity contribution in [3.8, 4) is 0 Å². The molecule has 0 spiro atoms. The van der Waals surface area contributed by atoms with Crippen LogP contribution in [0.4, 0.5) is 0 Å². The van der Waals surface area contributed by atoms with Crippen molar-refractivity contribution in [2.24, 2.45) is 11.8 Å². The second-order valence-electron chi connectivity index (χ2n) is 5.67. The molecular formula is C14H28N2OS. The quantitative estimate of drug-likeness (QED) is 0.728. The Hall–Kier alpha value is -0.350. The summed E-state index contributed by atoms with van der Waals surface area (Å²) >= 11 is 5.25. The minimum absolute atomic E-state index is 0.269. The number of rotatable bonds is 6. The molecule has 1 aliphatic rings. The first kappa shape index (κ1) is 15.7. The van der Waals surface area contributed by atoms with Crippen LogP contribution >= 0.6 is 12.2 Å². The van der Waals surface area contributed by atoms with Gasteiger partial charge in [0.25, 0.3) is 0 Å². The van der Waals surface area contributed by atoms with Crippen LogP contribution in [-0.4, -0.2) is 31.4 Å². The molecule has 0 aromatic carbocycles. The topological polar surface area (TPSA) is 33.3 Å². The highest BCUT2D eigenvalue weighted by molar-refractivity contribution is 7.80. The molecule has 0 aromatic rings. The van der Waals surface area contributed by atoms with Gasteiger partial charge < -0.3 is 15.4 Å². The van der Waals surface area contributed by atoms with Gasteiger partial charge in [0.1, 0.15) is 0 Å². The van der Waals surface area contributed by atoms with E-state index in [9.17, 15) is 0 Å². The number of methoxy groups -OCH3 is 1. The minimum atomic E-state index is 0.269. The summed E-state index contributed by atoms with van der Waals surface area (Å²) in [6.45, 7) is 6.11. The van der Waals surface area contributed by atoms with Crippen molar-refractivity contribution in [3.63, 3.8) is 0 Å². The molecule has 0 saturated heterocycles. The highest BCUT2D eigenvalue weighted by Crippen LogP contribution is 2.29. The van der Waals surface area contributed by atoms with Gasteiger partial charge in [-0.25, -0.2) is 0 Å². The Morgan fingerprint density at radius 3 is 2.61 bits per heavy atom. The third kappa shape index (κ3) is 6.55. The van der Waals surface area contributed by atoms with Gasteiger partial charge >= 0.3 is 0 Å². The monoisotopic (exact) mass is 272 g/mol. The van der Waals surface area contributed by atoms with Gasteiger partial charge in [-0.15, -0.1) is 0 Å². The Morgan fingerprint density at radius 1 is 1.33 bits per heavy atom. The maximum absolute atomic E-state index is 5.25.